The second kappa shape index (κ2) is 12.1. The predicted molar refractivity (Wildman–Crippen MR) is 155 cm³/mol. The van der Waals surface area contributed by atoms with Crippen molar-refractivity contribution < 1.29 is 23.9 Å². The fourth-order valence-corrected chi connectivity index (χ4v) is 6.44. The molecule has 3 heterocycles. The van der Waals surface area contributed by atoms with Crippen LogP contribution in [0.3, 0.4) is 0 Å². The summed E-state index contributed by atoms with van der Waals surface area (Å²) in [5.41, 5.74) is 2.01. The van der Waals surface area contributed by atoms with Gasteiger partial charge in [0.2, 0.25) is 0 Å². The lowest BCUT2D eigenvalue weighted by molar-refractivity contribution is -0.132. The molecule has 1 aromatic carbocycles. The minimum absolute atomic E-state index is 0.0452. The van der Waals surface area contributed by atoms with Crippen LogP contribution in [0.4, 0.5) is 4.79 Å². The van der Waals surface area contributed by atoms with Crippen molar-refractivity contribution >= 4 is 28.7 Å². The first-order valence-electron chi connectivity index (χ1n) is 15.1. The number of aromatic nitrogens is 2. The maximum atomic E-state index is 13.2. The lowest BCUT2D eigenvalue weighted by Crippen LogP contribution is -2.43. The number of amides is 1. The summed E-state index contributed by atoms with van der Waals surface area (Å²) in [5, 5.41) is 0. The fourth-order valence-electron chi connectivity index (χ4n) is 6.44. The Bertz CT molecular complexity index is 1340. The zero-order chi connectivity index (χ0) is 29.3. The largest absolute Gasteiger partial charge is 0.444 e. The summed E-state index contributed by atoms with van der Waals surface area (Å²) >= 11 is 0. The van der Waals surface area contributed by atoms with Gasteiger partial charge in [-0.05, 0) is 70.4 Å². The Morgan fingerprint density at radius 3 is 2.34 bits per heavy atom. The second-order valence-electron chi connectivity index (χ2n) is 13.0. The number of fused-ring (bicyclic) bond motifs is 1. The van der Waals surface area contributed by atoms with Gasteiger partial charge in [0.15, 0.2) is 5.78 Å². The third-order valence-corrected chi connectivity index (χ3v) is 8.70. The van der Waals surface area contributed by atoms with Crippen molar-refractivity contribution in [2.75, 3.05) is 32.8 Å². The summed E-state index contributed by atoms with van der Waals surface area (Å²) in [5.74, 6) is 0.247. The number of imidazole rings is 1. The molecule has 0 spiro atoms. The highest BCUT2D eigenvalue weighted by Crippen LogP contribution is 2.29. The zero-order valence-corrected chi connectivity index (χ0v) is 24.9. The number of likely N-dealkylation sites (tertiary alicyclic amines) is 2. The second-order valence-corrected chi connectivity index (χ2v) is 13.0. The van der Waals surface area contributed by atoms with Crippen LogP contribution < -0.4 is 5.69 Å². The molecule has 2 aromatic rings. The lowest BCUT2D eigenvalue weighted by atomic mass is 9.92. The van der Waals surface area contributed by atoms with Crippen LogP contribution in [-0.2, 0) is 32.7 Å². The van der Waals surface area contributed by atoms with E-state index in [0.29, 0.717) is 31.8 Å². The molecule has 3 aliphatic rings. The molecule has 10 nitrogen and oxygen atoms in total. The van der Waals surface area contributed by atoms with Crippen LogP contribution in [0, 0.1) is 5.92 Å². The summed E-state index contributed by atoms with van der Waals surface area (Å²) in [7, 11) is 1.77. The van der Waals surface area contributed by atoms with Gasteiger partial charge in [0.1, 0.15) is 11.4 Å². The van der Waals surface area contributed by atoms with Crippen molar-refractivity contribution in [3.8, 4) is 0 Å². The molecular weight excluding hydrogens is 524 g/mol. The van der Waals surface area contributed by atoms with E-state index in [-0.39, 0.29) is 35.9 Å². The molecule has 1 atom stereocenters. The normalized spacial score (nSPS) is 22.0. The molecule has 1 aromatic heterocycles. The Labute approximate surface area is 241 Å². The maximum absolute atomic E-state index is 13.2. The monoisotopic (exact) mass is 568 g/mol. The molecule has 10 heteroatoms. The Morgan fingerprint density at radius 1 is 0.976 bits per heavy atom. The number of nitrogens with zero attached hydrogens (tertiary/aromatic N) is 4. The number of Topliss-reactive ketones (excluding diaryl/α,β-unsaturated/α-hetero) is 2. The molecule has 2 aliphatic heterocycles. The average Bonchev–Trinajstić information content (AvgIpc) is 3.18. The van der Waals surface area contributed by atoms with E-state index < -0.39 is 11.6 Å². The van der Waals surface area contributed by atoms with E-state index in [1.165, 1.54) is 0 Å². The number of ether oxygens (including phenoxy) is 2. The van der Waals surface area contributed by atoms with Crippen LogP contribution in [0.25, 0.3) is 11.0 Å². The molecule has 1 amide bonds. The number of hydrogen-bond donors (Lipinski definition) is 0. The average molecular weight is 569 g/mol. The zero-order valence-electron chi connectivity index (χ0n) is 24.9. The van der Waals surface area contributed by atoms with Crippen molar-refractivity contribution in [2.24, 2.45) is 13.0 Å². The minimum Gasteiger partial charge on any atom is -0.444 e. The van der Waals surface area contributed by atoms with Gasteiger partial charge in [0.25, 0.3) is 0 Å². The summed E-state index contributed by atoms with van der Waals surface area (Å²) < 4.78 is 15.1. The Morgan fingerprint density at radius 2 is 1.68 bits per heavy atom. The predicted octanol–water partition coefficient (Wildman–Crippen LogP) is 3.83. The van der Waals surface area contributed by atoms with Crippen LogP contribution in [-0.4, -0.2) is 81.1 Å². The van der Waals surface area contributed by atoms with Crippen molar-refractivity contribution in [1.29, 1.82) is 0 Å². The SMILES string of the molecule is Cn1c(=O)n(C2CCC(=O)CC2=O)c2cccc(CN3CCC(OCC4CCN(C(=O)OC(C)(C)C)CC4)CC3)c21. The Kier molecular flexibility index (Phi) is 8.70. The number of aryl methyl sites for hydroxylation is 1. The van der Waals surface area contributed by atoms with E-state index in [2.05, 4.69) is 11.0 Å². The first-order valence-corrected chi connectivity index (χ1v) is 15.1. The number of para-hydroxylation sites is 1. The van der Waals surface area contributed by atoms with E-state index >= 15 is 0 Å². The van der Waals surface area contributed by atoms with E-state index in [9.17, 15) is 19.2 Å². The summed E-state index contributed by atoms with van der Waals surface area (Å²) in [6.45, 7) is 10.4. The quantitative estimate of drug-likeness (QED) is 0.488. The molecule has 0 bridgehead atoms. The van der Waals surface area contributed by atoms with Crippen molar-refractivity contribution in [2.45, 2.75) is 90.0 Å². The highest BCUT2D eigenvalue weighted by Gasteiger charge is 2.32. The van der Waals surface area contributed by atoms with Gasteiger partial charge in [0, 0.05) is 52.8 Å². The van der Waals surface area contributed by atoms with Gasteiger partial charge in [0.05, 0.1) is 29.6 Å². The third-order valence-electron chi connectivity index (χ3n) is 8.70. The highest BCUT2D eigenvalue weighted by molar-refractivity contribution is 6.03. The van der Waals surface area contributed by atoms with E-state index in [0.717, 1.165) is 68.5 Å². The molecule has 0 N–H and O–H groups in total. The van der Waals surface area contributed by atoms with Gasteiger partial charge < -0.3 is 14.4 Å². The third kappa shape index (κ3) is 6.75. The van der Waals surface area contributed by atoms with E-state index in [4.69, 9.17) is 9.47 Å². The van der Waals surface area contributed by atoms with Gasteiger partial charge in [-0.15, -0.1) is 0 Å². The molecule has 0 radical (unpaired) electrons. The first kappa shape index (κ1) is 29.5. The number of rotatable bonds is 6. The molecule has 2 saturated heterocycles. The van der Waals surface area contributed by atoms with Gasteiger partial charge in [-0.25, -0.2) is 9.59 Å². The first-order chi connectivity index (χ1) is 19.5. The number of hydrogen-bond acceptors (Lipinski definition) is 7. The van der Waals surface area contributed by atoms with Crippen molar-refractivity contribution in [3.63, 3.8) is 0 Å². The van der Waals surface area contributed by atoms with E-state index in [1.54, 1.807) is 21.1 Å². The Hall–Kier alpha value is -2.98. The topological polar surface area (TPSA) is 103 Å². The standard InChI is InChI=1S/C31H44N4O6/c1-31(2,3)41-30(39)34-16-10-21(11-17-34)20-40-24-12-14-33(15-13-24)19-22-6-5-7-26-28(22)32(4)29(38)35(26)25-9-8-23(36)18-27(25)37/h5-7,21,24-25H,8-20H2,1-4H3. The maximum Gasteiger partial charge on any atom is 0.410 e. The molecule has 1 aliphatic carbocycles. The summed E-state index contributed by atoms with van der Waals surface area (Å²) in [6.07, 6.45) is 4.42. The number of carbonyl (C=O) groups excluding carboxylic acids is 3. The van der Waals surface area contributed by atoms with Crippen LogP contribution in [0.1, 0.15) is 77.3 Å². The molecule has 224 valence electrons. The van der Waals surface area contributed by atoms with Crippen molar-refractivity contribution in [1.82, 2.24) is 18.9 Å². The molecule has 1 saturated carbocycles. The number of benzene rings is 1. The molecular formula is C31H44N4O6. The lowest BCUT2D eigenvalue weighted by Gasteiger charge is -2.35. The molecule has 5 rings (SSSR count). The number of carbonyl (C=O) groups is 3. The minimum atomic E-state index is -0.573. The number of ketones is 2. The van der Waals surface area contributed by atoms with Gasteiger partial charge >= 0.3 is 11.8 Å². The van der Waals surface area contributed by atoms with Crippen LogP contribution >= 0.6 is 0 Å². The highest BCUT2D eigenvalue weighted by atomic mass is 16.6. The summed E-state index contributed by atoms with van der Waals surface area (Å²) in [4.78, 5) is 54.2. The fraction of sp³-hybridized carbons (Fsp3) is 0.677. The van der Waals surface area contributed by atoms with E-state index in [1.807, 2.05) is 32.9 Å². The summed E-state index contributed by atoms with van der Waals surface area (Å²) in [6, 6.07) is 5.35. The van der Waals surface area contributed by atoms with Crippen LogP contribution in [0.15, 0.2) is 23.0 Å². The van der Waals surface area contributed by atoms with Crippen LogP contribution in [0.5, 0.6) is 0 Å². The molecule has 1 unspecified atom stereocenters. The van der Waals surface area contributed by atoms with Gasteiger partial charge in [-0.3, -0.25) is 23.6 Å². The van der Waals surface area contributed by atoms with Gasteiger partial charge in [-0.2, -0.15) is 0 Å². The molecule has 41 heavy (non-hydrogen) atoms. The molecule has 3 fully saturated rings. The Balaban J connectivity index is 1.13. The van der Waals surface area contributed by atoms with Crippen molar-refractivity contribution in [3.05, 3.63) is 34.2 Å². The number of piperidine rings is 2. The van der Waals surface area contributed by atoms with Gasteiger partial charge in [-0.1, -0.05) is 12.1 Å². The smallest absolute Gasteiger partial charge is 0.410 e. The van der Waals surface area contributed by atoms with Crippen LogP contribution in [0.2, 0.25) is 0 Å².